The van der Waals surface area contributed by atoms with Crippen molar-refractivity contribution in [2.75, 3.05) is 13.7 Å². The van der Waals surface area contributed by atoms with Crippen molar-refractivity contribution in [3.05, 3.63) is 71.9 Å². The summed E-state index contributed by atoms with van der Waals surface area (Å²) in [6.07, 6.45) is 3.38. The zero-order valence-electron chi connectivity index (χ0n) is 15.2. The predicted octanol–water partition coefficient (Wildman–Crippen LogP) is 3.88. The molecular weight excluding hydrogens is 340 g/mol. The lowest BCUT2D eigenvalue weighted by molar-refractivity contribution is -0.142. The maximum Gasteiger partial charge on any atom is 0.320 e. The molecule has 1 aliphatic rings. The van der Waals surface area contributed by atoms with Gasteiger partial charge in [0.25, 0.3) is 0 Å². The monoisotopic (exact) mass is 362 g/mol. The maximum atomic E-state index is 11.9. The maximum absolute atomic E-state index is 11.9. The van der Waals surface area contributed by atoms with Crippen molar-refractivity contribution >= 4 is 16.9 Å². The van der Waals surface area contributed by atoms with Crippen molar-refractivity contribution in [2.24, 2.45) is 0 Å². The van der Waals surface area contributed by atoms with E-state index in [1.54, 1.807) is 7.11 Å². The van der Waals surface area contributed by atoms with Gasteiger partial charge in [0, 0.05) is 23.7 Å². The van der Waals surface area contributed by atoms with Crippen molar-refractivity contribution in [3.63, 3.8) is 0 Å². The van der Waals surface area contributed by atoms with Crippen LogP contribution in [0.3, 0.4) is 0 Å². The average Bonchev–Trinajstić information content (AvgIpc) is 3.18. The van der Waals surface area contributed by atoms with Crippen molar-refractivity contribution in [1.29, 1.82) is 0 Å². The Balaban J connectivity index is 1.88. The van der Waals surface area contributed by atoms with E-state index in [1.807, 2.05) is 54.7 Å². The summed E-state index contributed by atoms with van der Waals surface area (Å²) >= 11 is 0. The van der Waals surface area contributed by atoms with Crippen LogP contribution in [0, 0.1) is 0 Å². The van der Waals surface area contributed by atoms with Crippen molar-refractivity contribution in [1.82, 2.24) is 9.88 Å². The van der Waals surface area contributed by atoms with Crippen molar-refractivity contribution < 1.29 is 14.6 Å². The van der Waals surface area contributed by atoms with Crippen LogP contribution in [0.2, 0.25) is 0 Å². The second-order valence-corrected chi connectivity index (χ2v) is 6.84. The highest BCUT2D eigenvalue weighted by atomic mass is 16.5. The SMILES string of the molecule is COc1ccccc1C(c1cnc2ccccc2c1)N1CCCC1C(=O)O. The Morgan fingerprint density at radius 3 is 2.81 bits per heavy atom. The van der Waals surface area contributed by atoms with E-state index >= 15 is 0 Å². The van der Waals surface area contributed by atoms with Crippen LogP contribution in [0.4, 0.5) is 0 Å². The van der Waals surface area contributed by atoms with Gasteiger partial charge in [0.2, 0.25) is 0 Å². The lowest BCUT2D eigenvalue weighted by atomic mass is 9.95. The van der Waals surface area contributed by atoms with Gasteiger partial charge in [-0.15, -0.1) is 0 Å². The number of pyridine rings is 1. The number of carboxylic acid groups (broad SMARTS) is 1. The molecule has 1 N–H and O–H groups in total. The minimum Gasteiger partial charge on any atom is -0.496 e. The van der Waals surface area contributed by atoms with Gasteiger partial charge in [0.1, 0.15) is 11.8 Å². The van der Waals surface area contributed by atoms with Crippen LogP contribution in [-0.4, -0.2) is 40.7 Å². The lowest BCUT2D eigenvalue weighted by Gasteiger charge is -2.32. The van der Waals surface area contributed by atoms with E-state index in [2.05, 4.69) is 16.0 Å². The number of fused-ring (bicyclic) bond motifs is 1. The van der Waals surface area contributed by atoms with Gasteiger partial charge in [-0.2, -0.15) is 0 Å². The summed E-state index contributed by atoms with van der Waals surface area (Å²) in [6.45, 7) is 0.729. The number of methoxy groups -OCH3 is 1. The van der Waals surface area contributed by atoms with Gasteiger partial charge in [-0.3, -0.25) is 14.7 Å². The van der Waals surface area contributed by atoms with Crippen LogP contribution in [-0.2, 0) is 4.79 Å². The van der Waals surface area contributed by atoms with Gasteiger partial charge in [-0.05, 0) is 36.6 Å². The number of benzene rings is 2. The van der Waals surface area contributed by atoms with Crippen molar-refractivity contribution in [2.45, 2.75) is 24.9 Å². The number of ether oxygens (including phenoxy) is 1. The predicted molar refractivity (Wildman–Crippen MR) is 104 cm³/mol. The number of rotatable bonds is 5. The molecule has 138 valence electrons. The van der Waals surface area contributed by atoms with Crippen LogP contribution < -0.4 is 4.74 Å². The third kappa shape index (κ3) is 3.26. The summed E-state index contributed by atoms with van der Waals surface area (Å²) in [6, 6.07) is 17.2. The summed E-state index contributed by atoms with van der Waals surface area (Å²) in [7, 11) is 1.65. The number of carboxylic acids is 1. The third-order valence-electron chi connectivity index (χ3n) is 5.27. The average molecular weight is 362 g/mol. The standard InChI is InChI=1S/C22H22N2O3/c1-27-20-11-5-3-8-17(20)21(24-12-6-10-19(24)22(25)26)16-13-15-7-2-4-9-18(15)23-14-16/h2-5,7-9,11,13-14,19,21H,6,10,12H2,1H3,(H,25,26). The normalized spacial score (nSPS) is 18.5. The molecule has 0 amide bonds. The summed E-state index contributed by atoms with van der Waals surface area (Å²) in [5.41, 5.74) is 2.87. The molecule has 5 heteroatoms. The molecule has 0 aliphatic carbocycles. The number of likely N-dealkylation sites (tertiary alicyclic amines) is 1. The highest BCUT2D eigenvalue weighted by molar-refractivity contribution is 5.79. The van der Waals surface area contributed by atoms with E-state index in [4.69, 9.17) is 4.74 Å². The summed E-state index contributed by atoms with van der Waals surface area (Å²) < 4.78 is 5.60. The van der Waals surface area contributed by atoms with E-state index < -0.39 is 12.0 Å². The molecule has 4 rings (SSSR count). The first-order valence-corrected chi connectivity index (χ1v) is 9.15. The van der Waals surface area contributed by atoms with Gasteiger partial charge >= 0.3 is 5.97 Å². The fourth-order valence-corrected chi connectivity index (χ4v) is 4.04. The highest BCUT2D eigenvalue weighted by Gasteiger charge is 2.38. The van der Waals surface area contributed by atoms with Gasteiger partial charge in [0.15, 0.2) is 0 Å². The molecule has 27 heavy (non-hydrogen) atoms. The number of aliphatic carboxylic acids is 1. The smallest absolute Gasteiger partial charge is 0.320 e. The molecule has 5 nitrogen and oxygen atoms in total. The summed E-state index contributed by atoms with van der Waals surface area (Å²) in [5.74, 6) is -0.0205. The number of nitrogens with zero attached hydrogens (tertiary/aromatic N) is 2. The molecule has 0 spiro atoms. The molecule has 1 fully saturated rings. The molecular formula is C22H22N2O3. The zero-order chi connectivity index (χ0) is 18.8. The van der Waals surface area contributed by atoms with E-state index in [0.717, 1.165) is 40.7 Å². The van der Waals surface area contributed by atoms with Crippen LogP contribution in [0.1, 0.15) is 30.0 Å². The Hall–Kier alpha value is -2.92. The number of hydrogen-bond donors (Lipinski definition) is 1. The number of carbonyl (C=O) groups is 1. The fourth-order valence-electron chi connectivity index (χ4n) is 4.04. The Labute approximate surface area is 158 Å². The number of hydrogen-bond acceptors (Lipinski definition) is 4. The van der Waals surface area contributed by atoms with Crippen LogP contribution in [0.15, 0.2) is 60.8 Å². The molecule has 2 aromatic carbocycles. The Kier molecular flexibility index (Phi) is 4.77. The van der Waals surface area contributed by atoms with E-state index in [9.17, 15) is 9.90 Å². The first-order valence-electron chi connectivity index (χ1n) is 9.15. The Bertz CT molecular complexity index is 972. The van der Waals surface area contributed by atoms with Crippen LogP contribution in [0.5, 0.6) is 5.75 Å². The second-order valence-electron chi connectivity index (χ2n) is 6.84. The zero-order valence-corrected chi connectivity index (χ0v) is 15.2. The lowest BCUT2D eigenvalue weighted by Crippen LogP contribution is -2.39. The fraction of sp³-hybridized carbons (Fsp3) is 0.273. The number of aromatic nitrogens is 1. The first kappa shape index (κ1) is 17.5. The molecule has 0 saturated carbocycles. The molecule has 2 heterocycles. The molecule has 0 bridgehead atoms. The molecule has 2 unspecified atom stereocenters. The van der Waals surface area contributed by atoms with E-state index in [1.165, 1.54) is 0 Å². The second kappa shape index (κ2) is 7.37. The number of para-hydroxylation sites is 2. The largest absolute Gasteiger partial charge is 0.496 e. The van der Waals surface area contributed by atoms with Crippen molar-refractivity contribution in [3.8, 4) is 5.75 Å². The minimum absolute atomic E-state index is 0.221. The first-order chi connectivity index (χ1) is 13.2. The molecule has 3 aromatic rings. The molecule has 1 saturated heterocycles. The Morgan fingerprint density at radius 2 is 2.00 bits per heavy atom. The highest BCUT2D eigenvalue weighted by Crippen LogP contribution is 2.39. The van der Waals surface area contributed by atoms with E-state index in [-0.39, 0.29) is 6.04 Å². The topological polar surface area (TPSA) is 62.7 Å². The van der Waals surface area contributed by atoms with Gasteiger partial charge < -0.3 is 9.84 Å². The molecule has 1 aliphatic heterocycles. The molecule has 0 radical (unpaired) electrons. The minimum atomic E-state index is -0.777. The quantitative estimate of drug-likeness (QED) is 0.746. The van der Waals surface area contributed by atoms with Gasteiger partial charge in [0.05, 0.1) is 18.7 Å². The van der Waals surface area contributed by atoms with Gasteiger partial charge in [-0.25, -0.2) is 0 Å². The van der Waals surface area contributed by atoms with Gasteiger partial charge in [-0.1, -0.05) is 36.4 Å². The molecule has 1 aromatic heterocycles. The third-order valence-corrected chi connectivity index (χ3v) is 5.27. The van der Waals surface area contributed by atoms with E-state index in [0.29, 0.717) is 6.42 Å². The van der Waals surface area contributed by atoms with Crippen LogP contribution >= 0.6 is 0 Å². The van der Waals surface area contributed by atoms with Crippen LogP contribution in [0.25, 0.3) is 10.9 Å². The Morgan fingerprint density at radius 1 is 1.22 bits per heavy atom. The summed E-state index contributed by atoms with van der Waals surface area (Å²) in [5, 5.41) is 10.8. The molecule has 2 atom stereocenters. The summed E-state index contributed by atoms with van der Waals surface area (Å²) in [4.78, 5) is 18.5.